The zero-order valence-corrected chi connectivity index (χ0v) is 8.81. The molecule has 0 spiro atoms. The summed E-state index contributed by atoms with van der Waals surface area (Å²) in [5.74, 6) is 0. The molecule has 1 aliphatic rings. The van der Waals surface area contributed by atoms with E-state index in [1.54, 1.807) is 4.68 Å². The molecule has 0 radical (unpaired) electrons. The highest BCUT2D eigenvalue weighted by Gasteiger charge is 2.22. The highest BCUT2D eigenvalue weighted by molar-refractivity contribution is 5.74. The quantitative estimate of drug-likeness (QED) is 0.693. The fourth-order valence-corrected chi connectivity index (χ4v) is 2.03. The third-order valence-corrected chi connectivity index (χ3v) is 2.78. The Kier molecular flexibility index (Phi) is 2.83. The van der Waals surface area contributed by atoms with Gasteiger partial charge in [0.25, 0.3) is 0 Å². The van der Waals surface area contributed by atoms with Gasteiger partial charge in [-0.1, -0.05) is 0 Å². The Hall–Kier alpha value is -1.20. The zero-order chi connectivity index (χ0) is 10.8. The lowest BCUT2D eigenvalue weighted by molar-refractivity contribution is 0.111. The van der Waals surface area contributed by atoms with Gasteiger partial charge in [-0.3, -0.25) is 9.48 Å². The van der Waals surface area contributed by atoms with Crippen LogP contribution in [0.15, 0.2) is 0 Å². The molecule has 0 amide bonds. The average molecular weight is 209 g/mol. The largest absolute Gasteiger partial charge is 0.394 e. The molecule has 5 nitrogen and oxygen atoms in total. The van der Waals surface area contributed by atoms with Crippen molar-refractivity contribution in [2.24, 2.45) is 0 Å². The van der Waals surface area contributed by atoms with Crippen LogP contribution in [0.5, 0.6) is 0 Å². The Morgan fingerprint density at radius 1 is 1.60 bits per heavy atom. The Labute approximate surface area is 88.3 Å². The first-order valence-electron chi connectivity index (χ1n) is 5.09. The number of aldehydes is 1. The van der Waals surface area contributed by atoms with E-state index in [4.69, 9.17) is 5.11 Å². The van der Waals surface area contributed by atoms with E-state index in [0.717, 1.165) is 37.1 Å². The van der Waals surface area contributed by atoms with Crippen molar-refractivity contribution in [1.29, 1.82) is 0 Å². The smallest absolute Gasteiger partial charge is 0.170 e. The summed E-state index contributed by atoms with van der Waals surface area (Å²) in [5.41, 5.74) is 2.64. The number of rotatable bonds is 3. The van der Waals surface area contributed by atoms with E-state index in [2.05, 4.69) is 10.00 Å². The van der Waals surface area contributed by atoms with Gasteiger partial charge in [0.1, 0.15) is 5.69 Å². The molecule has 0 bridgehead atoms. The number of carbonyl (C=O) groups is 1. The van der Waals surface area contributed by atoms with Crippen LogP contribution in [0.1, 0.15) is 21.7 Å². The molecular formula is C10H15N3O2. The first-order chi connectivity index (χ1) is 7.26. The van der Waals surface area contributed by atoms with Crippen LogP contribution in [-0.2, 0) is 19.5 Å². The first-order valence-corrected chi connectivity index (χ1v) is 5.09. The fraction of sp³-hybridized carbons (Fsp3) is 0.600. The number of carbonyl (C=O) groups excluding carboxylic acids is 1. The Morgan fingerprint density at radius 2 is 2.40 bits per heavy atom. The predicted octanol–water partition coefficient (Wildman–Crippen LogP) is -0.324. The van der Waals surface area contributed by atoms with Crippen LogP contribution in [0.2, 0.25) is 0 Å². The summed E-state index contributed by atoms with van der Waals surface area (Å²) in [6, 6.07) is 0. The maximum absolute atomic E-state index is 10.8. The molecule has 0 aromatic carbocycles. The van der Waals surface area contributed by atoms with Gasteiger partial charge >= 0.3 is 0 Å². The molecule has 1 N–H and O–H groups in total. The molecular weight excluding hydrogens is 194 g/mol. The van der Waals surface area contributed by atoms with Gasteiger partial charge in [0.05, 0.1) is 13.2 Å². The van der Waals surface area contributed by atoms with E-state index < -0.39 is 0 Å². The van der Waals surface area contributed by atoms with Gasteiger partial charge in [0.2, 0.25) is 0 Å². The molecule has 5 heteroatoms. The molecule has 0 saturated heterocycles. The van der Waals surface area contributed by atoms with Crippen molar-refractivity contribution in [2.75, 3.05) is 20.2 Å². The molecule has 1 aliphatic heterocycles. The molecule has 2 heterocycles. The Balaban J connectivity index is 2.40. The molecule has 0 saturated carbocycles. The van der Waals surface area contributed by atoms with E-state index in [9.17, 15) is 4.79 Å². The lowest BCUT2D eigenvalue weighted by Crippen LogP contribution is -2.28. The highest BCUT2D eigenvalue weighted by atomic mass is 16.3. The second-order valence-electron chi connectivity index (χ2n) is 3.86. The van der Waals surface area contributed by atoms with Crippen molar-refractivity contribution >= 4 is 6.29 Å². The normalized spacial score (nSPS) is 16.4. The van der Waals surface area contributed by atoms with Gasteiger partial charge in [-0.2, -0.15) is 5.10 Å². The minimum atomic E-state index is 0.0578. The van der Waals surface area contributed by atoms with Crippen LogP contribution >= 0.6 is 0 Å². The minimum absolute atomic E-state index is 0.0578. The summed E-state index contributed by atoms with van der Waals surface area (Å²) in [6.07, 6.45) is 1.69. The SMILES string of the molecule is CN1CCc2c(c(C=O)nn2CCO)C1. The number of hydrogen-bond donors (Lipinski definition) is 1. The van der Waals surface area contributed by atoms with Crippen molar-refractivity contribution in [1.82, 2.24) is 14.7 Å². The third kappa shape index (κ3) is 1.80. The second-order valence-corrected chi connectivity index (χ2v) is 3.86. The maximum Gasteiger partial charge on any atom is 0.170 e. The van der Waals surface area contributed by atoms with Crippen LogP contribution in [0, 0.1) is 0 Å². The van der Waals surface area contributed by atoms with Gasteiger partial charge in [0.15, 0.2) is 6.29 Å². The van der Waals surface area contributed by atoms with E-state index in [0.29, 0.717) is 12.2 Å². The topological polar surface area (TPSA) is 58.4 Å². The summed E-state index contributed by atoms with van der Waals surface area (Å²) >= 11 is 0. The fourth-order valence-electron chi connectivity index (χ4n) is 2.03. The summed E-state index contributed by atoms with van der Waals surface area (Å²) < 4.78 is 1.76. The summed E-state index contributed by atoms with van der Waals surface area (Å²) in [4.78, 5) is 13.0. The number of nitrogens with zero attached hydrogens (tertiary/aromatic N) is 3. The number of aliphatic hydroxyl groups is 1. The number of likely N-dealkylation sites (N-methyl/N-ethyl adjacent to an activating group) is 1. The number of fused-ring (bicyclic) bond motifs is 1. The molecule has 1 aromatic rings. The van der Waals surface area contributed by atoms with Crippen LogP contribution in [0.3, 0.4) is 0 Å². The monoisotopic (exact) mass is 209 g/mol. The Bertz CT molecular complexity index is 373. The molecule has 0 fully saturated rings. The summed E-state index contributed by atoms with van der Waals surface area (Å²) in [6.45, 7) is 2.28. The van der Waals surface area contributed by atoms with E-state index in [1.807, 2.05) is 7.05 Å². The summed E-state index contributed by atoms with van der Waals surface area (Å²) in [7, 11) is 2.03. The maximum atomic E-state index is 10.8. The molecule has 15 heavy (non-hydrogen) atoms. The third-order valence-electron chi connectivity index (χ3n) is 2.78. The van der Waals surface area contributed by atoms with Crippen molar-refractivity contribution in [2.45, 2.75) is 19.5 Å². The summed E-state index contributed by atoms with van der Waals surface area (Å²) in [5, 5.41) is 13.1. The van der Waals surface area contributed by atoms with Crippen molar-refractivity contribution in [3.63, 3.8) is 0 Å². The van der Waals surface area contributed by atoms with Crippen LogP contribution in [0.4, 0.5) is 0 Å². The average Bonchev–Trinajstić information content (AvgIpc) is 2.56. The molecule has 82 valence electrons. The minimum Gasteiger partial charge on any atom is -0.394 e. The molecule has 0 aliphatic carbocycles. The van der Waals surface area contributed by atoms with Crippen LogP contribution in [0.25, 0.3) is 0 Å². The van der Waals surface area contributed by atoms with Gasteiger partial charge in [0, 0.05) is 30.8 Å². The molecule has 0 unspecified atom stereocenters. The van der Waals surface area contributed by atoms with Crippen molar-refractivity contribution < 1.29 is 9.90 Å². The molecule has 1 aromatic heterocycles. The highest BCUT2D eigenvalue weighted by Crippen LogP contribution is 2.20. The van der Waals surface area contributed by atoms with Gasteiger partial charge < -0.3 is 10.0 Å². The number of aromatic nitrogens is 2. The molecule has 2 rings (SSSR count). The lowest BCUT2D eigenvalue weighted by atomic mass is 10.1. The van der Waals surface area contributed by atoms with Crippen LogP contribution < -0.4 is 0 Å². The van der Waals surface area contributed by atoms with Gasteiger partial charge in [-0.15, -0.1) is 0 Å². The number of aliphatic hydroxyl groups excluding tert-OH is 1. The molecule has 0 atom stereocenters. The Morgan fingerprint density at radius 3 is 3.07 bits per heavy atom. The predicted molar refractivity (Wildman–Crippen MR) is 54.7 cm³/mol. The van der Waals surface area contributed by atoms with Crippen molar-refractivity contribution in [3.8, 4) is 0 Å². The van der Waals surface area contributed by atoms with E-state index in [-0.39, 0.29) is 6.61 Å². The zero-order valence-electron chi connectivity index (χ0n) is 8.81. The number of hydrogen-bond acceptors (Lipinski definition) is 4. The van der Waals surface area contributed by atoms with E-state index in [1.165, 1.54) is 0 Å². The standard InChI is InChI=1S/C10H15N3O2/c1-12-3-2-10-8(6-12)9(7-15)11-13(10)4-5-14/h7,14H,2-6H2,1H3. The van der Waals surface area contributed by atoms with Crippen LogP contribution in [-0.4, -0.2) is 46.3 Å². The van der Waals surface area contributed by atoms with E-state index >= 15 is 0 Å². The van der Waals surface area contributed by atoms with Crippen molar-refractivity contribution in [3.05, 3.63) is 17.0 Å². The first kappa shape index (κ1) is 10.3. The lowest BCUT2D eigenvalue weighted by Gasteiger charge is -2.23. The van der Waals surface area contributed by atoms with Gasteiger partial charge in [-0.05, 0) is 7.05 Å². The second kappa shape index (κ2) is 4.12. The van der Waals surface area contributed by atoms with Gasteiger partial charge in [-0.25, -0.2) is 0 Å².